The second kappa shape index (κ2) is 9.08. The molecule has 0 fully saturated rings. The number of aromatic nitrogens is 3. The molecule has 0 aliphatic carbocycles. The van der Waals surface area contributed by atoms with Crippen LogP contribution in [-0.2, 0) is 16.8 Å². The maximum atomic E-state index is 14.1. The highest BCUT2D eigenvalue weighted by molar-refractivity contribution is 7.14. The van der Waals surface area contributed by atoms with Crippen LogP contribution in [0.2, 0.25) is 0 Å². The number of benzene rings is 1. The van der Waals surface area contributed by atoms with E-state index in [1.54, 1.807) is 34.9 Å². The average Bonchev–Trinajstić information content (AvgIpc) is 3.27. The number of carbonyl (C=O) groups excluding carboxylic acids is 2. The Morgan fingerprint density at radius 1 is 1.25 bits per heavy atom. The quantitative estimate of drug-likeness (QED) is 0.558. The molecule has 12 heteroatoms. The predicted octanol–water partition coefficient (Wildman–Crippen LogP) is 2.61. The van der Waals surface area contributed by atoms with Crippen LogP contribution in [0.1, 0.15) is 41.8 Å². The van der Waals surface area contributed by atoms with Gasteiger partial charge in [-0.2, -0.15) is 0 Å². The van der Waals surface area contributed by atoms with Crippen LogP contribution < -0.4 is 5.43 Å². The lowest BCUT2D eigenvalue weighted by atomic mass is 9.93. The summed E-state index contributed by atoms with van der Waals surface area (Å²) in [6.07, 6.45) is 1.36. The van der Waals surface area contributed by atoms with Crippen LogP contribution in [0.15, 0.2) is 29.2 Å². The van der Waals surface area contributed by atoms with Gasteiger partial charge in [0.1, 0.15) is 22.2 Å². The summed E-state index contributed by atoms with van der Waals surface area (Å²) in [5, 5.41) is 19.4. The van der Waals surface area contributed by atoms with Crippen molar-refractivity contribution in [1.29, 1.82) is 0 Å². The lowest BCUT2D eigenvalue weighted by Crippen LogP contribution is -2.60. The molecule has 4 rings (SSSR count). The average molecular weight is 518 g/mol. The molecule has 2 amide bonds. The molecule has 1 aliphatic rings. The Balaban J connectivity index is 1.84. The fourth-order valence-electron chi connectivity index (χ4n) is 4.29. The van der Waals surface area contributed by atoms with E-state index in [9.17, 15) is 28.3 Å². The zero-order valence-electron chi connectivity index (χ0n) is 20.4. The van der Waals surface area contributed by atoms with Crippen molar-refractivity contribution in [3.05, 3.63) is 62.5 Å². The number of rotatable bonds is 5. The van der Waals surface area contributed by atoms with Gasteiger partial charge in [0, 0.05) is 38.8 Å². The summed E-state index contributed by atoms with van der Waals surface area (Å²) < 4.78 is 28.6. The zero-order valence-corrected chi connectivity index (χ0v) is 21.2. The zero-order chi connectivity index (χ0) is 26.5. The SMILES string of the molecule is CC(C)N1C[C@](C)(C(=O)N(C)C)n2cc(-c3nnc(Cc4ccc(F)cc4F)s3)c(=O)c(O)c2C1=O. The molecule has 36 heavy (non-hydrogen) atoms. The number of nitrogens with zero attached hydrogens (tertiary/aromatic N) is 5. The maximum absolute atomic E-state index is 14.1. The van der Waals surface area contributed by atoms with Crippen LogP contribution in [0, 0.1) is 11.6 Å². The van der Waals surface area contributed by atoms with Gasteiger partial charge < -0.3 is 19.5 Å². The van der Waals surface area contributed by atoms with Crippen LogP contribution >= 0.6 is 11.3 Å². The van der Waals surface area contributed by atoms with Crippen molar-refractivity contribution in [3.8, 4) is 16.3 Å². The van der Waals surface area contributed by atoms with Crippen molar-refractivity contribution < 1.29 is 23.5 Å². The number of hydrogen-bond donors (Lipinski definition) is 1. The number of likely N-dealkylation sites (N-methyl/N-ethyl adjacent to an activating group) is 1. The summed E-state index contributed by atoms with van der Waals surface area (Å²) in [6.45, 7) is 5.23. The molecule has 1 N–H and O–H groups in total. The Morgan fingerprint density at radius 2 is 1.94 bits per heavy atom. The predicted molar refractivity (Wildman–Crippen MR) is 129 cm³/mol. The standard InChI is InChI=1S/C24H25F2N5O4S/c1-12(2)30-11-24(3,23(35)29(4)5)31-10-15(19(32)20(33)18(31)22(30)34)21-28-27-17(36-21)8-13-6-7-14(25)9-16(13)26/h6-7,9-10,12,33H,8,11H2,1-5H3/t24-/m1/s1. The second-order valence-corrected chi connectivity index (χ2v) is 10.4. The van der Waals surface area contributed by atoms with Gasteiger partial charge >= 0.3 is 0 Å². The minimum Gasteiger partial charge on any atom is -0.503 e. The topological polar surface area (TPSA) is 109 Å². The third kappa shape index (κ3) is 4.15. The van der Waals surface area contributed by atoms with Crippen LogP contribution in [0.25, 0.3) is 10.6 Å². The molecule has 3 aromatic rings. The van der Waals surface area contributed by atoms with E-state index in [1.165, 1.54) is 26.6 Å². The molecular formula is C24H25F2N5O4S. The summed E-state index contributed by atoms with van der Waals surface area (Å²) in [6, 6.07) is 2.92. The highest BCUT2D eigenvalue weighted by Gasteiger charge is 2.47. The van der Waals surface area contributed by atoms with Crippen LogP contribution in [0.4, 0.5) is 8.78 Å². The molecule has 0 unspecified atom stereocenters. The number of aromatic hydroxyl groups is 1. The molecule has 0 saturated heterocycles. The monoisotopic (exact) mass is 517 g/mol. The lowest BCUT2D eigenvalue weighted by molar-refractivity contribution is -0.139. The molecule has 1 aliphatic heterocycles. The third-order valence-electron chi connectivity index (χ3n) is 6.20. The van der Waals surface area contributed by atoms with E-state index in [0.717, 1.165) is 23.5 Å². The Hall–Kier alpha value is -3.67. The third-order valence-corrected chi connectivity index (χ3v) is 7.16. The highest BCUT2D eigenvalue weighted by Crippen LogP contribution is 2.35. The van der Waals surface area contributed by atoms with Gasteiger partial charge in [-0.3, -0.25) is 14.4 Å². The highest BCUT2D eigenvalue weighted by atomic mass is 32.1. The minimum atomic E-state index is -1.32. The summed E-state index contributed by atoms with van der Waals surface area (Å²) in [7, 11) is 3.16. The molecule has 9 nitrogen and oxygen atoms in total. The first kappa shape index (κ1) is 25.4. The Kier molecular flexibility index (Phi) is 6.41. The molecular weight excluding hydrogens is 492 g/mol. The van der Waals surface area contributed by atoms with E-state index in [1.807, 2.05) is 0 Å². The number of amides is 2. The van der Waals surface area contributed by atoms with Gasteiger partial charge in [-0.05, 0) is 32.4 Å². The molecule has 190 valence electrons. The van der Waals surface area contributed by atoms with Crippen molar-refractivity contribution in [2.24, 2.45) is 0 Å². The molecule has 0 radical (unpaired) electrons. The lowest BCUT2D eigenvalue weighted by Gasteiger charge is -2.45. The van der Waals surface area contributed by atoms with Gasteiger partial charge in [0.05, 0.1) is 12.1 Å². The first-order valence-corrected chi connectivity index (χ1v) is 11.9. The molecule has 0 saturated carbocycles. The summed E-state index contributed by atoms with van der Waals surface area (Å²) in [4.78, 5) is 42.5. The minimum absolute atomic E-state index is 0.0146. The fraction of sp³-hybridized carbons (Fsp3) is 0.375. The fourth-order valence-corrected chi connectivity index (χ4v) is 5.16. The van der Waals surface area contributed by atoms with Gasteiger partial charge in [0.25, 0.3) is 5.91 Å². The molecule has 1 atom stereocenters. The van der Waals surface area contributed by atoms with Gasteiger partial charge in [0.2, 0.25) is 11.3 Å². The Morgan fingerprint density at radius 3 is 2.56 bits per heavy atom. The summed E-state index contributed by atoms with van der Waals surface area (Å²) in [5.41, 5.74) is -2.28. The van der Waals surface area contributed by atoms with Crippen molar-refractivity contribution in [2.75, 3.05) is 20.6 Å². The van der Waals surface area contributed by atoms with E-state index < -0.39 is 34.3 Å². The van der Waals surface area contributed by atoms with E-state index in [0.29, 0.717) is 5.01 Å². The van der Waals surface area contributed by atoms with E-state index >= 15 is 0 Å². The largest absolute Gasteiger partial charge is 0.503 e. The maximum Gasteiger partial charge on any atom is 0.274 e. The summed E-state index contributed by atoms with van der Waals surface area (Å²) >= 11 is 0.991. The van der Waals surface area contributed by atoms with Crippen LogP contribution in [0.5, 0.6) is 5.75 Å². The smallest absolute Gasteiger partial charge is 0.274 e. The van der Waals surface area contributed by atoms with Crippen LogP contribution in [-0.4, -0.2) is 68.2 Å². The Labute approximate surface area is 209 Å². The molecule has 1 aromatic carbocycles. The van der Waals surface area contributed by atoms with E-state index in [2.05, 4.69) is 10.2 Å². The number of halogens is 2. The van der Waals surface area contributed by atoms with Gasteiger partial charge in [-0.15, -0.1) is 10.2 Å². The number of pyridine rings is 1. The van der Waals surface area contributed by atoms with Crippen molar-refractivity contribution in [2.45, 2.75) is 38.8 Å². The van der Waals surface area contributed by atoms with Crippen molar-refractivity contribution in [3.63, 3.8) is 0 Å². The normalized spacial score (nSPS) is 17.4. The van der Waals surface area contributed by atoms with Gasteiger partial charge in [-0.25, -0.2) is 8.78 Å². The summed E-state index contributed by atoms with van der Waals surface area (Å²) in [5.74, 6) is -3.13. The Bertz CT molecular complexity index is 1430. The van der Waals surface area contributed by atoms with E-state index in [-0.39, 0.29) is 46.7 Å². The first-order chi connectivity index (χ1) is 16.8. The van der Waals surface area contributed by atoms with Crippen molar-refractivity contribution in [1.82, 2.24) is 24.6 Å². The number of fused-ring (bicyclic) bond motifs is 1. The molecule has 0 spiro atoms. The number of hydrogen-bond acceptors (Lipinski definition) is 7. The molecule has 2 aromatic heterocycles. The van der Waals surface area contributed by atoms with Crippen molar-refractivity contribution >= 4 is 23.2 Å². The second-order valence-electron chi connectivity index (χ2n) is 9.35. The number of carbonyl (C=O) groups is 2. The van der Waals surface area contributed by atoms with E-state index in [4.69, 9.17) is 0 Å². The van der Waals surface area contributed by atoms with Gasteiger partial charge in [0.15, 0.2) is 16.5 Å². The molecule has 0 bridgehead atoms. The van der Waals surface area contributed by atoms with Crippen LogP contribution in [0.3, 0.4) is 0 Å². The van der Waals surface area contributed by atoms with Gasteiger partial charge in [-0.1, -0.05) is 17.4 Å². The first-order valence-electron chi connectivity index (χ1n) is 11.1. The molecule has 3 heterocycles.